The molecule has 118 valence electrons. The Morgan fingerprint density at radius 3 is 2.71 bits per heavy atom. The van der Waals surface area contributed by atoms with E-state index in [1.165, 1.54) is 0 Å². The van der Waals surface area contributed by atoms with Crippen LogP contribution in [0.1, 0.15) is 12.5 Å². The topological polar surface area (TPSA) is 70.7 Å². The number of phenols is 1. The van der Waals surface area contributed by atoms with Gasteiger partial charge in [-0.3, -0.25) is 0 Å². The lowest BCUT2D eigenvalue weighted by Crippen LogP contribution is -2.00. The predicted octanol–water partition coefficient (Wildman–Crippen LogP) is 4.52. The summed E-state index contributed by atoms with van der Waals surface area (Å²) < 4.78 is 5.56. The molecule has 5 heteroatoms. The standard InChI is InChI=1S/C19H15N3O2/c1-12(14-11-10-13-6-2-3-7-15(13)18(14)23)21-22-19-20-16-8-4-5-9-17(16)24-19/h2-11,23H,1H3,(H,20,22). The highest BCUT2D eigenvalue weighted by atomic mass is 16.4. The molecule has 1 heterocycles. The van der Waals surface area contributed by atoms with Crippen LogP contribution in [-0.4, -0.2) is 15.8 Å². The van der Waals surface area contributed by atoms with Gasteiger partial charge < -0.3 is 9.52 Å². The Bertz CT molecular complexity index is 1030. The van der Waals surface area contributed by atoms with Crippen LogP contribution >= 0.6 is 0 Å². The molecular formula is C19H15N3O2. The molecule has 0 bridgehead atoms. The van der Waals surface area contributed by atoms with E-state index in [0.717, 1.165) is 16.3 Å². The van der Waals surface area contributed by atoms with Crippen LogP contribution < -0.4 is 5.43 Å². The van der Waals surface area contributed by atoms with Crippen LogP contribution in [-0.2, 0) is 0 Å². The average Bonchev–Trinajstić information content (AvgIpc) is 3.03. The van der Waals surface area contributed by atoms with Crippen molar-refractivity contribution in [3.05, 3.63) is 66.2 Å². The Morgan fingerprint density at radius 2 is 1.83 bits per heavy atom. The van der Waals surface area contributed by atoms with Gasteiger partial charge in [0.15, 0.2) is 5.58 Å². The van der Waals surface area contributed by atoms with Crippen LogP contribution in [0.5, 0.6) is 5.75 Å². The second kappa shape index (κ2) is 5.70. The van der Waals surface area contributed by atoms with Gasteiger partial charge in [0.05, 0.1) is 5.71 Å². The summed E-state index contributed by atoms with van der Waals surface area (Å²) in [6.45, 7) is 1.82. The summed E-state index contributed by atoms with van der Waals surface area (Å²) in [5.74, 6) is 0.216. The maximum absolute atomic E-state index is 10.5. The fourth-order valence-electron chi connectivity index (χ4n) is 2.66. The molecule has 0 unspecified atom stereocenters. The number of nitrogens with zero attached hydrogens (tertiary/aromatic N) is 2. The smallest absolute Gasteiger partial charge is 0.316 e. The molecule has 0 fully saturated rings. The monoisotopic (exact) mass is 317 g/mol. The third-order valence-corrected chi connectivity index (χ3v) is 3.90. The molecule has 1 aromatic heterocycles. The highest BCUT2D eigenvalue weighted by Gasteiger charge is 2.09. The maximum atomic E-state index is 10.5. The summed E-state index contributed by atoms with van der Waals surface area (Å²) in [4.78, 5) is 4.30. The number of nitrogens with one attached hydrogen (secondary N) is 1. The van der Waals surface area contributed by atoms with E-state index in [9.17, 15) is 5.11 Å². The van der Waals surface area contributed by atoms with Gasteiger partial charge >= 0.3 is 6.01 Å². The van der Waals surface area contributed by atoms with Gasteiger partial charge in [-0.15, -0.1) is 0 Å². The van der Waals surface area contributed by atoms with E-state index >= 15 is 0 Å². The second-order valence-corrected chi connectivity index (χ2v) is 5.48. The predicted molar refractivity (Wildman–Crippen MR) is 95.5 cm³/mol. The minimum absolute atomic E-state index is 0.216. The lowest BCUT2D eigenvalue weighted by atomic mass is 10.0. The van der Waals surface area contributed by atoms with Gasteiger partial charge in [0.2, 0.25) is 0 Å². The average molecular weight is 317 g/mol. The number of hydrazone groups is 1. The summed E-state index contributed by atoms with van der Waals surface area (Å²) in [5.41, 5.74) is 5.57. The second-order valence-electron chi connectivity index (χ2n) is 5.48. The van der Waals surface area contributed by atoms with Crippen molar-refractivity contribution in [2.75, 3.05) is 5.43 Å². The van der Waals surface area contributed by atoms with E-state index in [0.29, 0.717) is 22.9 Å². The highest BCUT2D eigenvalue weighted by Crippen LogP contribution is 2.29. The number of hydrogen-bond donors (Lipinski definition) is 2. The number of aromatic nitrogens is 1. The number of hydrogen-bond acceptors (Lipinski definition) is 5. The van der Waals surface area contributed by atoms with Crippen molar-refractivity contribution >= 4 is 33.6 Å². The lowest BCUT2D eigenvalue weighted by molar-refractivity contribution is 0.480. The first kappa shape index (κ1) is 14.3. The molecule has 0 saturated carbocycles. The van der Waals surface area contributed by atoms with Crippen molar-refractivity contribution in [1.29, 1.82) is 0 Å². The van der Waals surface area contributed by atoms with E-state index in [-0.39, 0.29) is 5.75 Å². The molecule has 0 amide bonds. The largest absolute Gasteiger partial charge is 0.507 e. The third kappa shape index (κ3) is 2.46. The molecule has 2 N–H and O–H groups in total. The Kier molecular flexibility index (Phi) is 3.39. The Morgan fingerprint density at radius 1 is 1.04 bits per heavy atom. The first-order valence-electron chi connectivity index (χ1n) is 7.59. The highest BCUT2D eigenvalue weighted by molar-refractivity contribution is 6.06. The molecule has 0 saturated heterocycles. The molecule has 5 nitrogen and oxygen atoms in total. The minimum Gasteiger partial charge on any atom is -0.507 e. The zero-order valence-corrected chi connectivity index (χ0v) is 13.0. The van der Waals surface area contributed by atoms with Crippen molar-refractivity contribution in [3.8, 4) is 5.75 Å². The maximum Gasteiger partial charge on any atom is 0.316 e. The third-order valence-electron chi connectivity index (χ3n) is 3.90. The molecule has 0 aliphatic heterocycles. The Balaban J connectivity index is 1.66. The number of oxazole rings is 1. The van der Waals surface area contributed by atoms with Gasteiger partial charge in [0.25, 0.3) is 0 Å². The zero-order chi connectivity index (χ0) is 16.5. The zero-order valence-electron chi connectivity index (χ0n) is 13.0. The quantitative estimate of drug-likeness (QED) is 0.430. The van der Waals surface area contributed by atoms with Crippen LogP contribution in [0.3, 0.4) is 0 Å². The van der Waals surface area contributed by atoms with Crippen LogP contribution in [0.15, 0.2) is 70.2 Å². The van der Waals surface area contributed by atoms with Crippen LogP contribution in [0.2, 0.25) is 0 Å². The minimum atomic E-state index is 0.216. The fourth-order valence-corrected chi connectivity index (χ4v) is 2.66. The summed E-state index contributed by atoms with van der Waals surface area (Å²) in [6, 6.07) is 19.3. The number of fused-ring (bicyclic) bond motifs is 2. The van der Waals surface area contributed by atoms with E-state index in [1.54, 1.807) is 0 Å². The molecule has 4 aromatic rings. The van der Waals surface area contributed by atoms with Gasteiger partial charge in [0, 0.05) is 10.9 Å². The number of para-hydroxylation sites is 2. The molecule has 0 aliphatic carbocycles. The van der Waals surface area contributed by atoms with Crippen LogP contribution in [0.4, 0.5) is 6.01 Å². The number of rotatable bonds is 3. The van der Waals surface area contributed by atoms with Crippen molar-refractivity contribution in [2.45, 2.75) is 6.92 Å². The molecule has 0 spiro atoms. The number of phenolic OH excluding ortho intramolecular Hbond substituents is 1. The van der Waals surface area contributed by atoms with Crippen molar-refractivity contribution in [3.63, 3.8) is 0 Å². The molecule has 0 atom stereocenters. The van der Waals surface area contributed by atoms with Gasteiger partial charge in [-0.25, -0.2) is 5.43 Å². The first-order valence-corrected chi connectivity index (χ1v) is 7.59. The van der Waals surface area contributed by atoms with Gasteiger partial charge in [-0.1, -0.05) is 42.5 Å². The lowest BCUT2D eigenvalue weighted by Gasteiger charge is -2.07. The summed E-state index contributed by atoms with van der Waals surface area (Å²) in [6.07, 6.45) is 0. The summed E-state index contributed by atoms with van der Waals surface area (Å²) >= 11 is 0. The summed E-state index contributed by atoms with van der Waals surface area (Å²) in [7, 11) is 0. The fraction of sp³-hybridized carbons (Fsp3) is 0.0526. The number of benzene rings is 3. The van der Waals surface area contributed by atoms with Crippen molar-refractivity contribution < 1.29 is 9.52 Å². The normalized spacial score (nSPS) is 12.0. The summed E-state index contributed by atoms with van der Waals surface area (Å²) in [5, 5.41) is 16.5. The van der Waals surface area contributed by atoms with Crippen LogP contribution in [0, 0.1) is 0 Å². The number of anilines is 1. The molecule has 0 radical (unpaired) electrons. The van der Waals surface area contributed by atoms with Gasteiger partial charge in [-0.05, 0) is 30.5 Å². The molecule has 0 aliphatic rings. The van der Waals surface area contributed by atoms with Crippen molar-refractivity contribution in [1.82, 2.24) is 4.98 Å². The molecule has 24 heavy (non-hydrogen) atoms. The first-order chi connectivity index (χ1) is 11.7. The SMILES string of the molecule is CC(=NNc1nc2ccccc2o1)c1ccc2ccccc2c1O. The van der Waals surface area contributed by atoms with Gasteiger partial charge in [-0.2, -0.15) is 10.1 Å². The van der Waals surface area contributed by atoms with E-state index < -0.39 is 0 Å². The van der Waals surface area contributed by atoms with Crippen LogP contribution in [0.25, 0.3) is 21.9 Å². The number of aromatic hydroxyl groups is 1. The van der Waals surface area contributed by atoms with E-state index in [2.05, 4.69) is 15.5 Å². The molecule has 4 rings (SSSR count). The Hall–Kier alpha value is -3.34. The van der Waals surface area contributed by atoms with Crippen molar-refractivity contribution in [2.24, 2.45) is 5.10 Å². The van der Waals surface area contributed by atoms with Gasteiger partial charge in [0.1, 0.15) is 11.3 Å². The van der Waals surface area contributed by atoms with E-state index in [4.69, 9.17) is 4.42 Å². The Labute approximate surface area is 138 Å². The molecule has 3 aromatic carbocycles. The van der Waals surface area contributed by atoms with E-state index in [1.807, 2.05) is 67.6 Å². The molecular weight excluding hydrogens is 302 g/mol.